The summed E-state index contributed by atoms with van der Waals surface area (Å²) < 4.78 is 27.0. The van der Waals surface area contributed by atoms with E-state index in [1.165, 1.54) is 18.3 Å². The molecule has 2 aromatic rings. The lowest BCUT2D eigenvalue weighted by Gasteiger charge is -2.11. The van der Waals surface area contributed by atoms with Crippen molar-refractivity contribution in [1.29, 1.82) is 5.26 Å². The van der Waals surface area contributed by atoms with Gasteiger partial charge < -0.3 is 5.73 Å². The van der Waals surface area contributed by atoms with E-state index in [-0.39, 0.29) is 17.1 Å². The molecule has 2 rings (SSSR count). The van der Waals surface area contributed by atoms with Gasteiger partial charge in [-0.25, -0.2) is 13.4 Å². The van der Waals surface area contributed by atoms with Crippen molar-refractivity contribution in [3.05, 3.63) is 53.9 Å². The van der Waals surface area contributed by atoms with Gasteiger partial charge in [0.1, 0.15) is 11.0 Å². The smallest absolute Gasteiger partial charge is 0.264 e. The molecule has 0 fully saturated rings. The van der Waals surface area contributed by atoms with E-state index in [1.807, 2.05) is 0 Å². The third-order valence-electron chi connectivity index (χ3n) is 2.65. The predicted molar refractivity (Wildman–Crippen MR) is 74.1 cm³/mol. The number of benzene rings is 1. The molecule has 0 spiro atoms. The van der Waals surface area contributed by atoms with Crippen molar-refractivity contribution in [2.45, 2.75) is 11.4 Å². The van der Waals surface area contributed by atoms with E-state index in [1.54, 1.807) is 30.3 Å². The average Bonchev–Trinajstić information content (AvgIpc) is 2.47. The SMILES string of the molecule is N#Cc1ncccc1S(=O)(=O)Nc1ccccc1CN. The van der Waals surface area contributed by atoms with Crippen LogP contribution in [0.2, 0.25) is 0 Å². The number of rotatable bonds is 4. The topological polar surface area (TPSA) is 109 Å². The Hall–Kier alpha value is -2.43. The van der Waals surface area contributed by atoms with Crippen molar-refractivity contribution in [2.75, 3.05) is 4.72 Å². The van der Waals surface area contributed by atoms with Crippen LogP contribution in [0.4, 0.5) is 5.69 Å². The second kappa shape index (κ2) is 5.69. The van der Waals surface area contributed by atoms with Crippen LogP contribution in [0.5, 0.6) is 0 Å². The molecule has 1 aromatic heterocycles. The number of para-hydroxylation sites is 1. The van der Waals surface area contributed by atoms with Crippen LogP contribution in [-0.4, -0.2) is 13.4 Å². The molecular weight excluding hydrogens is 276 g/mol. The van der Waals surface area contributed by atoms with Crippen LogP contribution in [0.15, 0.2) is 47.5 Å². The first-order valence-corrected chi connectivity index (χ1v) is 7.22. The maximum atomic E-state index is 12.3. The highest BCUT2D eigenvalue weighted by Crippen LogP contribution is 2.20. The number of pyridine rings is 1. The number of nitrogens with one attached hydrogen (secondary N) is 1. The number of nitrogens with zero attached hydrogens (tertiary/aromatic N) is 2. The number of sulfonamides is 1. The van der Waals surface area contributed by atoms with Gasteiger partial charge in [-0.3, -0.25) is 4.72 Å². The lowest BCUT2D eigenvalue weighted by Crippen LogP contribution is -2.16. The summed E-state index contributed by atoms with van der Waals surface area (Å²) in [5, 5.41) is 8.92. The lowest BCUT2D eigenvalue weighted by molar-refractivity contribution is 0.600. The van der Waals surface area contributed by atoms with Crippen molar-refractivity contribution in [2.24, 2.45) is 5.73 Å². The van der Waals surface area contributed by atoms with Gasteiger partial charge in [0.25, 0.3) is 10.0 Å². The molecule has 1 aromatic carbocycles. The van der Waals surface area contributed by atoms with Crippen LogP contribution >= 0.6 is 0 Å². The second-order valence-electron chi connectivity index (χ2n) is 3.93. The first-order chi connectivity index (χ1) is 9.58. The fourth-order valence-corrected chi connectivity index (χ4v) is 2.90. The molecule has 0 aliphatic rings. The van der Waals surface area contributed by atoms with Gasteiger partial charge in [-0.05, 0) is 23.8 Å². The molecule has 0 amide bonds. The molecule has 3 N–H and O–H groups in total. The standard InChI is InChI=1S/C13H12N4O2S/c14-8-10-4-1-2-5-11(10)17-20(18,19)13-6-3-7-16-12(13)9-15/h1-7,17H,8,14H2. The van der Waals surface area contributed by atoms with Gasteiger partial charge in [-0.2, -0.15) is 5.26 Å². The summed E-state index contributed by atoms with van der Waals surface area (Å²) >= 11 is 0. The summed E-state index contributed by atoms with van der Waals surface area (Å²) in [6, 6.07) is 11.4. The first-order valence-electron chi connectivity index (χ1n) is 5.74. The zero-order chi connectivity index (χ0) is 14.6. The Kier molecular flexibility index (Phi) is 3.98. The van der Waals surface area contributed by atoms with Gasteiger partial charge in [0.05, 0.1) is 5.69 Å². The summed E-state index contributed by atoms with van der Waals surface area (Å²) in [7, 11) is -3.88. The summed E-state index contributed by atoms with van der Waals surface area (Å²) in [4.78, 5) is 3.58. The Morgan fingerprint density at radius 3 is 2.70 bits per heavy atom. The van der Waals surface area contributed by atoms with Gasteiger partial charge in [-0.15, -0.1) is 0 Å². The summed E-state index contributed by atoms with van der Waals surface area (Å²) in [5.74, 6) is 0. The van der Waals surface area contributed by atoms with Crippen LogP contribution < -0.4 is 10.5 Å². The van der Waals surface area contributed by atoms with E-state index < -0.39 is 10.0 Å². The number of nitriles is 1. The Bertz CT molecular complexity index is 766. The Morgan fingerprint density at radius 2 is 2.00 bits per heavy atom. The minimum Gasteiger partial charge on any atom is -0.326 e. The van der Waals surface area contributed by atoms with Crippen molar-refractivity contribution >= 4 is 15.7 Å². The van der Waals surface area contributed by atoms with E-state index in [0.717, 1.165) is 0 Å². The van der Waals surface area contributed by atoms with Crippen LogP contribution in [0, 0.1) is 11.3 Å². The molecule has 0 aliphatic heterocycles. The maximum absolute atomic E-state index is 12.3. The molecule has 1 heterocycles. The highest BCUT2D eigenvalue weighted by atomic mass is 32.2. The highest BCUT2D eigenvalue weighted by Gasteiger charge is 2.20. The van der Waals surface area contributed by atoms with Crippen LogP contribution in [0.3, 0.4) is 0 Å². The van der Waals surface area contributed by atoms with Crippen molar-refractivity contribution < 1.29 is 8.42 Å². The molecule has 0 saturated heterocycles. The average molecular weight is 288 g/mol. The summed E-state index contributed by atoms with van der Waals surface area (Å²) in [6.07, 6.45) is 1.37. The third-order valence-corrected chi connectivity index (χ3v) is 4.04. The monoisotopic (exact) mass is 288 g/mol. The number of aromatic nitrogens is 1. The van der Waals surface area contributed by atoms with Gasteiger partial charge in [0.2, 0.25) is 0 Å². The molecule has 0 radical (unpaired) electrons. The zero-order valence-electron chi connectivity index (χ0n) is 10.4. The van der Waals surface area contributed by atoms with Gasteiger partial charge in [-0.1, -0.05) is 18.2 Å². The van der Waals surface area contributed by atoms with E-state index in [2.05, 4.69) is 9.71 Å². The number of hydrogen-bond acceptors (Lipinski definition) is 5. The summed E-state index contributed by atoms with van der Waals surface area (Å²) in [5.41, 5.74) is 6.47. The van der Waals surface area contributed by atoms with Gasteiger partial charge in [0, 0.05) is 12.7 Å². The van der Waals surface area contributed by atoms with Gasteiger partial charge >= 0.3 is 0 Å². The van der Waals surface area contributed by atoms with Gasteiger partial charge in [0.15, 0.2) is 5.69 Å². The fourth-order valence-electron chi connectivity index (χ4n) is 1.69. The first kappa shape index (κ1) is 14.0. The molecule has 0 saturated carbocycles. The Morgan fingerprint density at radius 1 is 1.25 bits per heavy atom. The number of nitrogens with two attached hydrogens (primary N) is 1. The molecule has 0 atom stereocenters. The van der Waals surface area contributed by atoms with E-state index in [4.69, 9.17) is 11.0 Å². The maximum Gasteiger partial charge on any atom is 0.264 e. The van der Waals surface area contributed by atoms with E-state index in [0.29, 0.717) is 11.3 Å². The van der Waals surface area contributed by atoms with Crippen molar-refractivity contribution in [3.8, 4) is 6.07 Å². The quantitative estimate of drug-likeness (QED) is 0.879. The normalized spacial score (nSPS) is 10.8. The van der Waals surface area contributed by atoms with E-state index in [9.17, 15) is 8.42 Å². The minimum absolute atomic E-state index is 0.148. The largest absolute Gasteiger partial charge is 0.326 e. The third kappa shape index (κ3) is 2.77. The van der Waals surface area contributed by atoms with Crippen LogP contribution in [-0.2, 0) is 16.6 Å². The molecule has 0 unspecified atom stereocenters. The van der Waals surface area contributed by atoms with Crippen molar-refractivity contribution in [1.82, 2.24) is 4.98 Å². The molecule has 20 heavy (non-hydrogen) atoms. The number of anilines is 1. The fraction of sp³-hybridized carbons (Fsp3) is 0.0769. The second-order valence-corrected chi connectivity index (χ2v) is 5.58. The lowest BCUT2D eigenvalue weighted by atomic mass is 10.2. The minimum atomic E-state index is -3.88. The molecule has 7 heteroatoms. The molecular formula is C13H12N4O2S. The predicted octanol–water partition coefficient (Wildman–Crippen LogP) is 1.21. The zero-order valence-corrected chi connectivity index (χ0v) is 11.3. The van der Waals surface area contributed by atoms with E-state index >= 15 is 0 Å². The molecule has 0 aliphatic carbocycles. The van der Waals surface area contributed by atoms with Crippen molar-refractivity contribution in [3.63, 3.8) is 0 Å². The molecule has 0 bridgehead atoms. The highest BCUT2D eigenvalue weighted by molar-refractivity contribution is 7.92. The Labute approximate surface area is 116 Å². The molecule has 102 valence electrons. The Balaban J connectivity index is 2.44. The summed E-state index contributed by atoms with van der Waals surface area (Å²) in [6.45, 7) is 0.205. The number of hydrogen-bond donors (Lipinski definition) is 2. The van der Waals surface area contributed by atoms with Crippen LogP contribution in [0.25, 0.3) is 0 Å². The van der Waals surface area contributed by atoms with Crippen LogP contribution in [0.1, 0.15) is 11.3 Å². The molecule has 6 nitrogen and oxygen atoms in total.